The monoisotopic (exact) mass is 344 g/mol. The molecule has 0 fully saturated rings. The van der Waals surface area contributed by atoms with Gasteiger partial charge in [-0.15, -0.1) is 0 Å². The van der Waals surface area contributed by atoms with Crippen molar-refractivity contribution in [3.05, 3.63) is 52.3 Å². The second-order valence-electron chi connectivity index (χ2n) is 5.49. The minimum atomic E-state index is -3.68. The first-order valence-electron chi connectivity index (χ1n) is 7.18. The third-order valence-electron chi connectivity index (χ3n) is 3.96. The van der Waals surface area contributed by atoms with Crippen molar-refractivity contribution in [2.75, 3.05) is 7.11 Å². The molecule has 7 nitrogen and oxygen atoms in total. The van der Waals surface area contributed by atoms with E-state index in [-0.39, 0.29) is 11.7 Å². The second kappa shape index (κ2) is 5.27. The molecule has 122 valence electrons. The Bertz CT molecular complexity index is 1080. The molecular formula is C16H13N2O5P. The van der Waals surface area contributed by atoms with Gasteiger partial charge in [0.2, 0.25) is 0 Å². The van der Waals surface area contributed by atoms with E-state index in [4.69, 9.17) is 4.74 Å². The molecule has 0 bridgehead atoms. The van der Waals surface area contributed by atoms with Gasteiger partial charge in [-0.1, -0.05) is 12.1 Å². The Morgan fingerprint density at radius 1 is 1.29 bits per heavy atom. The van der Waals surface area contributed by atoms with E-state index in [1.165, 1.54) is 7.11 Å². The second-order valence-corrected chi connectivity index (χ2v) is 7.45. The maximum atomic E-state index is 12.0. The highest BCUT2D eigenvalue weighted by Gasteiger charge is 2.24. The third-order valence-corrected chi connectivity index (χ3v) is 5.30. The molecule has 8 heteroatoms. The standard InChI is InChI=1S/C16H13N2O5P/c1-22-24(20,21)8-9-5-6-12-11(7-9)15-14-10(16(19)18-17-15)3-2-4-13(14)23-12/h2-7H,8H2,1H3,(H,18,19)(H,20,21). The van der Waals surface area contributed by atoms with Crippen LogP contribution in [-0.2, 0) is 15.3 Å². The van der Waals surface area contributed by atoms with Gasteiger partial charge in [0.15, 0.2) is 0 Å². The van der Waals surface area contributed by atoms with Crippen molar-refractivity contribution in [2.24, 2.45) is 0 Å². The van der Waals surface area contributed by atoms with Crippen LogP contribution >= 0.6 is 7.60 Å². The summed E-state index contributed by atoms with van der Waals surface area (Å²) in [7, 11) is -2.48. The molecule has 1 aliphatic heterocycles. The number of aromatic amines is 1. The van der Waals surface area contributed by atoms with Crippen LogP contribution in [0.25, 0.3) is 22.0 Å². The van der Waals surface area contributed by atoms with E-state index < -0.39 is 7.60 Å². The molecule has 0 saturated carbocycles. The van der Waals surface area contributed by atoms with Crippen molar-refractivity contribution >= 4 is 18.4 Å². The number of ether oxygens (including phenoxy) is 1. The first kappa shape index (κ1) is 15.1. The van der Waals surface area contributed by atoms with Gasteiger partial charge in [-0.25, -0.2) is 5.10 Å². The lowest BCUT2D eigenvalue weighted by atomic mass is 9.99. The molecule has 2 aromatic carbocycles. The van der Waals surface area contributed by atoms with E-state index in [9.17, 15) is 14.3 Å². The van der Waals surface area contributed by atoms with Gasteiger partial charge in [0.05, 0.1) is 16.9 Å². The molecule has 24 heavy (non-hydrogen) atoms. The van der Waals surface area contributed by atoms with Crippen molar-refractivity contribution < 1.29 is 18.7 Å². The van der Waals surface area contributed by atoms with E-state index in [0.717, 1.165) is 0 Å². The molecule has 2 N–H and O–H groups in total. The van der Waals surface area contributed by atoms with Crippen LogP contribution in [0.2, 0.25) is 0 Å². The molecule has 3 aromatic rings. The van der Waals surface area contributed by atoms with Crippen molar-refractivity contribution in [3.63, 3.8) is 0 Å². The van der Waals surface area contributed by atoms with Crippen LogP contribution in [0.5, 0.6) is 11.5 Å². The predicted octanol–water partition coefficient (Wildman–Crippen LogP) is 3.03. The Kier molecular flexibility index (Phi) is 3.31. The lowest BCUT2D eigenvalue weighted by Crippen LogP contribution is -2.12. The molecule has 1 atom stereocenters. The maximum Gasteiger partial charge on any atom is 0.332 e. The molecule has 1 unspecified atom stereocenters. The van der Waals surface area contributed by atoms with Gasteiger partial charge < -0.3 is 14.2 Å². The van der Waals surface area contributed by atoms with Gasteiger partial charge >= 0.3 is 7.60 Å². The Morgan fingerprint density at radius 2 is 2.12 bits per heavy atom. The van der Waals surface area contributed by atoms with Crippen LogP contribution in [-0.4, -0.2) is 22.2 Å². The Morgan fingerprint density at radius 3 is 2.92 bits per heavy atom. The smallest absolute Gasteiger partial charge is 0.332 e. The van der Waals surface area contributed by atoms with E-state index in [1.54, 1.807) is 36.4 Å². The van der Waals surface area contributed by atoms with Crippen LogP contribution < -0.4 is 10.3 Å². The fourth-order valence-electron chi connectivity index (χ4n) is 2.83. The lowest BCUT2D eigenvalue weighted by molar-refractivity contribution is 0.314. The van der Waals surface area contributed by atoms with Gasteiger partial charge in [-0.3, -0.25) is 9.36 Å². The highest BCUT2D eigenvalue weighted by atomic mass is 31.2. The number of H-pyrrole nitrogens is 1. The van der Waals surface area contributed by atoms with Gasteiger partial charge in [0.25, 0.3) is 5.56 Å². The predicted molar refractivity (Wildman–Crippen MR) is 88.4 cm³/mol. The first-order chi connectivity index (χ1) is 11.5. The molecular weight excluding hydrogens is 331 g/mol. The molecule has 2 heterocycles. The minimum absolute atomic E-state index is 0.120. The van der Waals surface area contributed by atoms with Crippen molar-refractivity contribution in [2.45, 2.75) is 6.16 Å². The Hall–Kier alpha value is -2.47. The van der Waals surface area contributed by atoms with E-state index in [1.807, 2.05) is 0 Å². The number of rotatable bonds is 3. The van der Waals surface area contributed by atoms with Crippen LogP contribution in [0.3, 0.4) is 0 Å². The summed E-state index contributed by atoms with van der Waals surface area (Å²) in [5.74, 6) is 1.13. The summed E-state index contributed by atoms with van der Waals surface area (Å²) in [4.78, 5) is 21.6. The zero-order valence-electron chi connectivity index (χ0n) is 12.6. The summed E-state index contributed by atoms with van der Waals surface area (Å²) in [6.07, 6.45) is -0.120. The quantitative estimate of drug-likeness (QED) is 0.554. The number of fused-ring (bicyclic) bond motifs is 2. The van der Waals surface area contributed by atoms with Crippen molar-refractivity contribution in [1.82, 2.24) is 10.2 Å². The Balaban J connectivity index is 1.93. The largest absolute Gasteiger partial charge is 0.456 e. The summed E-state index contributed by atoms with van der Waals surface area (Å²) >= 11 is 0. The number of nitrogens with one attached hydrogen (secondary N) is 1. The van der Waals surface area contributed by atoms with Crippen LogP contribution in [0.1, 0.15) is 5.56 Å². The normalized spacial score (nSPS) is 14.8. The average Bonchev–Trinajstić information content (AvgIpc) is 2.57. The zero-order chi connectivity index (χ0) is 16.9. The molecule has 4 rings (SSSR count). The lowest BCUT2D eigenvalue weighted by Gasteiger charge is -2.20. The van der Waals surface area contributed by atoms with E-state index in [2.05, 4.69) is 14.7 Å². The molecule has 1 aliphatic rings. The van der Waals surface area contributed by atoms with E-state index >= 15 is 0 Å². The van der Waals surface area contributed by atoms with Gasteiger partial charge in [0.1, 0.15) is 17.2 Å². The summed E-state index contributed by atoms with van der Waals surface area (Å²) in [6.45, 7) is 0. The zero-order valence-corrected chi connectivity index (χ0v) is 13.5. The fraction of sp³-hybridized carbons (Fsp3) is 0.125. The maximum absolute atomic E-state index is 12.0. The van der Waals surface area contributed by atoms with Gasteiger partial charge in [0, 0.05) is 12.7 Å². The van der Waals surface area contributed by atoms with Crippen LogP contribution in [0, 0.1) is 0 Å². The number of aromatic nitrogens is 2. The first-order valence-corrected chi connectivity index (χ1v) is 8.95. The molecule has 0 aliphatic carbocycles. The number of nitrogens with zero attached hydrogens (tertiary/aromatic N) is 1. The van der Waals surface area contributed by atoms with E-state index in [0.29, 0.717) is 39.1 Å². The Labute approximate surface area is 136 Å². The summed E-state index contributed by atoms with van der Waals surface area (Å²) in [5, 5.41) is 7.75. The van der Waals surface area contributed by atoms with Crippen LogP contribution in [0.15, 0.2) is 41.2 Å². The fourth-order valence-corrected chi connectivity index (χ4v) is 3.62. The molecule has 0 amide bonds. The van der Waals surface area contributed by atoms with Gasteiger partial charge in [-0.05, 0) is 29.8 Å². The number of hydrogen-bond donors (Lipinski definition) is 2. The third kappa shape index (κ3) is 2.34. The summed E-state index contributed by atoms with van der Waals surface area (Å²) in [6, 6.07) is 10.4. The highest BCUT2D eigenvalue weighted by Crippen LogP contribution is 2.48. The topological polar surface area (TPSA) is 102 Å². The highest BCUT2D eigenvalue weighted by molar-refractivity contribution is 7.51. The summed E-state index contributed by atoms with van der Waals surface area (Å²) < 4.78 is 22.3. The molecule has 0 spiro atoms. The van der Waals surface area contributed by atoms with Crippen molar-refractivity contribution in [3.8, 4) is 22.8 Å². The van der Waals surface area contributed by atoms with Gasteiger partial charge in [-0.2, -0.15) is 5.10 Å². The molecule has 0 saturated heterocycles. The average molecular weight is 344 g/mol. The SMILES string of the molecule is COP(=O)(O)Cc1ccc2c(c1)-c1n[nH]c(=O)c3cccc(c13)O2. The van der Waals surface area contributed by atoms with Crippen LogP contribution in [0.4, 0.5) is 0 Å². The number of hydrogen-bond acceptors (Lipinski definition) is 5. The minimum Gasteiger partial charge on any atom is -0.456 e. The molecule has 0 radical (unpaired) electrons. The van der Waals surface area contributed by atoms with Crippen molar-refractivity contribution in [1.29, 1.82) is 0 Å². The number of benzene rings is 2. The molecule has 1 aromatic heterocycles. The summed E-state index contributed by atoms with van der Waals surface area (Å²) in [5.41, 5.74) is 1.56.